The van der Waals surface area contributed by atoms with E-state index in [1.807, 2.05) is 0 Å². The van der Waals surface area contributed by atoms with Gasteiger partial charge in [-0.3, -0.25) is 4.79 Å². The van der Waals surface area contributed by atoms with Crippen molar-refractivity contribution in [1.82, 2.24) is 0 Å². The summed E-state index contributed by atoms with van der Waals surface area (Å²) in [6, 6.07) is -1.76. The van der Waals surface area contributed by atoms with Crippen LogP contribution < -0.4 is 42.1 Å². The molecule has 0 bridgehead atoms. The van der Waals surface area contributed by atoms with E-state index in [1.54, 1.807) is 0 Å². The molecular weight excluding hydrogens is 428 g/mol. The molecule has 0 aromatic heterocycles. The molecule has 0 rings (SSSR count). The number of hydrogen-bond donors (Lipinski definition) is 4. The van der Waals surface area contributed by atoms with Crippen molar-refractivity contribution in [1.29, 1.82) is 0 Å². The fourth-order valence-electron chi connectivity index (χ4n) is 1.44. The van der Waals surface area contributed by atoms with Crippen LogP contribution in [0.15, 0.2) is 0 Å². The Kier molecular flexibility index (Phi) is 20.2. The van der Waals surface area contributed by atoms with Crippen molar-refractivity contribution in [2.75, 3.05) is 0 Å². The predicted octanol–water partition coefficient (Wildman–Crippen LogP) is -10.6. The van der Waals surface area contributed by atoms with E-state index in [4.69, 9.17) is 10.2 Å². The van der Waals surface area contributed by atoms with Crippen LogP contribution in [-0.4, -0.2) is 64.5 Å². The second-order valence-corrected chi connectivity index (χ2v) is 6.07. The van der Waals surface area contributed by atoms with Crippen molar-refractivity contribution < 1.29 is 76.3 Å². The van der Waals surface area contributed by atoms with Crippen LogP contribution in [0, 0.1) is 0 Å². The molecule has 15 heteroatoms. The number of carboxylic acids is 5. The van der Waals surface area contributed by atoms with E-state index in [2.05, 4.69) is 11.5 Å². The Hall–Kier alpha value is -2.85. The third-order valence-electron chi connectivity index (χ3n) is 3.25. The minimum absolute atomic E-state index is 0.0146. The minimum Gasteiger partial charge on any atom is -0.848 e. The first-order chi connectivity index (χ1) is 14.1. The van der Waals surface area contributed by atoms with Gasteiger partial charge in [0, 0.05) is 31.2 Å². The van der Waals surface area contributed by atoms with E-state index >= 15 is 0 Å². The van der Waals surface area contributed by atoms with E-state index < -0.39 is 54.3 Å². The monoisotopic (exact) mass is 454 g/mol. The van der Waals surface area contributed by atoms with Crippen LogP contribution in [-0.2, 0) is 24.0 Å². The molecule has 8 N–H and O–H groups in total. The van der Waals surface area contributed by atoms with Gasteiger partial charge in [-0.05, 0) is 25.6 Å². The van der Waals surface area contributed by atoms with Gasteiger partial charge in [0.15, 0.2) is 0 Å². The summed E-state index contributed by atoms with van der Waals surface area (Å²) in [5.74, 6) is -6.48. The maximum absolute atomic E-state index is 10.2. The summed E-state index contributed by atoms with van der Waals surface area (Å²) < 4.78 is 0. The van der Waals surface area contributed by atoms with Crippen LogP contribution in [0.1, 0.15) is 44.9 Å². The Labute approximate surface area is 176 Å². The molecule has 4 unspecified atom stereocenters. The average Bonchev–Trinajstić information content (AvgIpc) is 2.64. The number of aliphatic hydroxyl groups excluding tert-OH is 1. The predicted molar refractivity (Wildman–Crippen MR) is 83.1 cm³/mol. The normalized spacial score (nSPS) is 13.7. The van der Waals surface area contributed by atoms with Gasteiger partial charge in [-0.15, -0.1) is 0 Å². The first kappa shape index (κ1) is 32.8. The van der Waals surface area contributed by atoms with Gasteiger partial charge < -0.3 is 71.5 Å². The molecule has 0 amide bonds. The fraction of sp³-hybridized carbons (Fsp3) is 0.688. The lowest BCUT2D eigenvalue weighted by Crippen LogP contribution is -2.68. The quantitative estimate of drug-likeness (QED) is 0.188. The topological polar surface area (TPSA) is 319 Å². The number of rotatable bonds is 13. The number of hydrogen-bond acceptors (Lipinski definition) is 12. The molecule has 0 heterocycles. The minimum atomic E-state index is -1.90. The summed E-state index contributed by atoms with van der Waals surface area (Å²) in [5.41, 5.74) is 6.44. The highest BCUT2D eigenvalue weighted by Crippen LogP contribution is 1.96. The summed E-state index contributed by atoms with van der Waals surface area (Å²) in [6.45, 7) is 0. The van der Waals surface area contributed by atoms with E-state index in [0.717, 1.165) is 0 Å². The highest BCUT2D eigenvalue weighted by atomic mass is 16.5. The standard InChI is InChI=1S/C6H11NO4.C5H9NO4.C5H8O5/c7-4(6(10)11)2-1-3-5(8)9;2*6-3(5(9)10)1-2-4(7)8/h4H,1-3,7H2,(H,8,9)(H,10,11);3H,1-2,6H2,(H,7,8)(H,9,10);3-4,7H,1-2H2,(H,9,10)/q;;-2/p-2. The number of aliphatic hydroxyl groups is 1. The van der Waals surface area contributed by atoms with Gasteiger partial charge in [0.05, 0.1) is 11.9 Å². The van der Waals surface area contributed by atoms with Crippen LogP contribution in [0.4, 0.5) is 0 Å². The third kappa shape index (κ3) is 27.1. The second kappa shape index (κ2) is 19.1. The van der Waals surface area contributed by atoms with Crippen LogP contribution in [0.25, 0.3) is 0 Å². The molecule has 31 heavy (non-hydrogen) atoms. The first-order valence-electron chi connectivity index (χ1n) is 8.81. The van der Waals surface area contributed by atoms with Crippen LogP contribution in [0.5, 0.6) is 0 Å². The SMILES string of the molecule is O=C([O-])C([O-])CCC([O-])O.[NH3+]C(CCC(=O)[O-])C(=O)[O-].[NH3+]C(CCCC(=O)O)C(=O)[O-]. The zero-order valence-electron chi connectivity index (χ0n) is 16.6. The lowest BCUT2D eigenvalue weighted by Gasteiger charge is -2.25. The number of carboxylic acid groups (broad SMARTS) is 5. The first-order valence-corrected chi connectivity index (χ1v) is 8.81. The number of aliphatic carboxylic acids is 5. The van der Waals surface area contributed by atoms with Crippen LogP contribution in [0.2, 0.25) is 0 Å². The molecule has 0 aromatic carbocycles. The lowest BCUT2D eigenvalue weighted by atomic mass is 10.1. The number of carbonyl (C=O) groups excluding carboxylic acids is 4. The smallest absolute Gasteiger partial charge is 0.303 e. The Morgan fingerprint density at radius 3 is 1.48 bits per heavy atom. The summed E-state index contributed by atoms with van der Waals surface area (Å²) in [6.07, 6.45) is -4.24. The maximum atomic E-state index is 10.2. The molecule has 0 aliphatic carbocycles. The number of quaternary nitrogens is 2. The average molecular weight is 454 g/mol. The Bertz CT molecular complexity index is 568. The number of carbonyl (C=O) groups is 5. The van der Waals surface area contributed by atoms with Crippen molar-refractivity contribution >= 4 is 29.8 Å². The van der Waals surface area contributed by atoms with E-state index in [1.165, 1.54) is 0 Å². The van der Waals surface area contributed by atoms with Gasteiger partial charge in [0.25, 0.3) is 0 Å². The van der Waals surface area contributed by atoms with Crippen molar-refractivity contribution in [2.24, 2.45) is 0 Å². The van der Waals surface area contributed by atoms with Gasteiger partial charge in [0.1, 0.15) is 12.1 Å². The van der Waals surface area contributed by atoms with Crippen molar-refractivity contribution in [2.45, 2.75) is 69.4 Å². The Balaban J connectivity index is -0.000000380. The Morgan fingerprint density at radius 2 is 1.16 bits per heavy atom. The van der Waals surface area contributed by atoms with Gasteiger partial charge in [-0.1, -0.05) is 12.5 Å². The fourth-order valence-corrected chi connectivity index (χ4v) is 1.44. The summed E-state index contributed by atoms with van der Waals surface area (Å²) in [4.78, 5) is 49.4. The second-order valence-electron chi connectivity index (χ2n) is 6.07. The van der Waals surface area contributed by atoms with Crippen LogP contribution >= 0.6 is 0 Å². The van der Waals surface area contributed by atoms with Crippen LogP contribution in [0.3, 0.4) is 0 Å². The molecule has 4 atom stereocenters. The summed E-state index contributed by atoms with van der Waals surface area (Å²) >= 11 is 0. The Morgan fingerprint density at radius 1 is 0.710 bits per heavy atom. The maximum Gasteiger partial charge on any atom is 0.303 e. The molecule has 0 saturated carbocycles. The molecule has 0 aliphatic heterocycles. The van der Waals surface area contributed by atoms with Gasteiger partial charge in [-0.2, -0.15) is 0 Å². The van der Waals surface area contributed by atoms with E-state index in [0.29, 0.717) is 6.42 Å². The molecule has 0 aromatic rings. The van der Waals surface area contributed by atoms with Gasteiger partial charge >= 0.3 is 5.97 Å². The molecule has 0 fully saturated rings. The van der Waals surface area contributed by atoms with Crippen molar-refractivity contribution in [3.05, 3.63) is 0 Å². The molecule has 0 aliphatic rings. The highest BCUT2D eigenvalue weighted by Gasteiger charge is 2.07. The van der Waals surface area contributed by atoms with Gasteiger partial charge in [0.2, 0.25) is 0 Å². The van der Waals surface area contributed by atoms with Crippen molar-refractivity contribution in [3.8, 4) is 0 Å². The molecule has 0 radical (unpaired) electrons. The molecule has 15 nitrogen and oxygen atoms in total. The van der Waals surface area contributed by atoms with E-state index in [9.17, 15) is 54.6 Å². The molecular formula is C16H26N2O13-4. The molecule has 0 saturated heterocycles. The zero-order chi connectivity index (χ0) is 25.1. The molecule has 0 spiro atoms. The van der Waals surface area contributed by atoms with E-state index in [-0.39, 0.29) is 38.5 Å². The van der Waals surface area contributed by atoms with Gasteiger partial charge in [-0.25, -0.2) is 0 Å². The zero-order valence-corrected chi connectivity index (χ0v) is 16.6. The highest BCUT2D eigenvalue weighted by molar-refractivity contribution is 5.71. The lowest BCUT2D eigenvalue weighted by molar-refractivity contribution is -0.489. The summed E-state index contributed by atoms with van der Waals surface area (Å²) in [7, 11) is 0. The largest absolute Gasteiger partial charge is 0.848 e. The molecule has 182 valence electrons. The third-order valence-corrected chi connectivity index (χ3v) is 3.25. The summed E-state index contributed by atoms with van der Waals surface area (Å²) in [5, 5.41) is 75.8. The van der Waals surface area contributed by atoms with Crippen molar-refractivity contribution in [3.63, 3.8) is 0 Å².